The number of hydrogen-bond donors (Lipinski definition) is 2. The van der Waals surface area contributed by atoms with Crippen molar-refractivity contribution in [3.8, 4) is 11.3 Å². The molecule has 2 N–H and O–H groups in total. The van der Waals surface area contributed by atoms with Crippen LogP contribution in [0.1, 0.15) is 21.5 Å². The number of carbonyl (C=O) groups excluding carboxylic acids is 1. The maximum Gasteiger partial charge on any atom is 0.255 e. The Hall–Kier alpha value is -3.99. The van der Waals surface area contributed by atoms with E-state index in [0.717, 1.165) is 28.2 Å². The van der Waals surface area contributed by atoms with Gasteiger partial charge in [-0.15, -0.1) is 0 Å². The SMILES string of the molecule is Cc1ccc(NC(=O)c2cccc(Nc3cc(-c4ccccc4)ncn3)c2)cc1C. The molecule has 0 bridgehead atoms. The third-order valence-corrected chi connectivity index (χ3v) is 4.90. The van der Waals surface area contributed by atoms with E-state index in [4.69, 9.17) is 0 Å². The van der Waals surface area contributed by atoms with Crippen molar-refractivity contribution in [1.82, 2.24) is 9.97 Å². The molecule has 5 nitrogen and oxygen atoms in total. The molecule has 1 aromatic heterocycles. The first-order chi connectivity index (χ1) is 14.6. The minimum atomic E-state index is -0.158. The maximum atomic E-state index is 12.7. The molecule has 0 fully saturated rings. The van der Waals surface area contributed by atoms with Crippen LogP contribution in [0, 0.1) is 13.8 Å². The van der Waals surface area contributed by atoms with Crippen LogP contribution in [0.5, 0.6) is 0 Å². The lowest BCUT2D eigenvalue weighted by Gasteiger charge is -2.10. The molecule has 0 aliphatic rings. The molecule has 148 valence electrons. The molecule has 1 amide bonds. The zero-order valence-electron chi connectivity index (χ0n) is 16.9. The number of rotatable bonds is 5. The minimum absolute atomic E-state index is 0.158. The standard InChI is InChI=1S/C25H22N4O/c1-17-11-12-22(13-18(17)2)29-25(30)20-9-6-10-21(14-20)28-24-15-23(26-16-27-24)19-7-4-3-5-8-19/h3-16H,1-2H3,(H,29,30)(H,26,27,28). The van der Waals surface area contributed by atoms with E-state index in [1.165, 1.54) is 11.9 Å². The quantitative estimate of drug-likeness (QED) is 0.452. The Morgan fingerprint density at radius 1 is 0.767 bits per heavy atom. The van der Waals surface area contributed by atoms with Crippen molar-refractivity contribution in [3.05, 3.63) is 102 Å². The highest BCUT2D eigenvalue weighted by Gasteiger charge is 2.09. The first kappa shape index (κ1) is 19.3. The van der Waals surface area contributed by atoms with Gasteiger partial charge in [-0.25, -0.2) is 9.97 Å². The van der Waals surface area contributed by atoms with Gasteiger partial charge in [0.05, 0.1) is 5.69 Å². The molecule has 30 heavy (non-hydrogen) atoms. The second kappa shape index (κ2) is 8.57. The van der Waals surface area contributed by atoms with Crippen LogP contribution < -0.4 is 10.6 Å². The Kier molecular flexibility index (Phi) is 5.52. The van der Waals surface area contributed by atoms with E-state index in [9.17, 15) is 4.79 Å². The van der Waals surface area contributed by atoms with E-state index in [0.29, 0.717) is 11.4 Å². The van der Waals surface area contributed by atoms with Crippen LogP contribution in [-0.4, -0.2) is 15.9 Å². The minimum Gasteiger partial charge on any atom is -0.340 e. The first-order valence-corrected chi connectivity index (χ1v) is 9.72. The summed E-state index contributed by atoms with van der Waals surface area (Å²) in [5.41, 5.74) is 6.31. The summed E-state index contributed by atoms with van der Waals surface area (Å²) >= 11 is 0. The molecular formula is C25H22N4O. The molecule has 4 rings (SSSR count). The Morgan fingerprint density at radius 3 is 2.40 bits per heavy atom. The Balaban J connectivity index is 1.51. The summed E-state index contributed by atoms with van der Waals surface area (Å²) in [6.45, 7) is 4.08. The lowest BCUT2D eigenvalue weighted by Crippen LogP contribution is -2.12. The van der Waals surface area contributed by atoms with Crippen molar-refractivity contribution in [2.75, 3.05) is 10.6 Å². The second-order valence-corrected chi connectivity index (χ2v) is 7.11. The van der Waals surface area contributed by atoms with Gasteiger partial charge < -0.3 is 10.6 Å². The molecule has 3 aromatic carbocycles. The predicted molar refractivity (Wildman–Crippen MR) is 121 cm³/mol. The summed E-state index contributed by atoms with van der Waals surface area (Å²) in [7, 11) is 0. The van der Waals surface area contributed by atoms with E-state index in [2.05, 4.69) is 20.6 Å². The smallest absolute Gasteiger partial charge is 0.255 e. The lowest BCUT2D eigenvalue weighted by molar-refractivity contribution is 0.102. The van der Waals surface area contributed by atoms with Crippen molar-refractivity contribution in [2.45, 2.75) is 13.8 Å². The third-order valence-electron chi connectivity index (χ3n) is 4.90. The van der Waals surface area contributed by atoms with E-state index < -0.39 is 0 Å². The second-order valence-electron chi connectivity index (χ2n) is 7.11. The van der Waals surface area contributed by atoms with E-state index in [-0.39, 0.29) is 5.91 Å². The summed E-state index contributed by atoms with van der Waals surface area (Å²) in [5, 5.41) is 6.21. The first-order valence-electron chi connectivity index (χ1n) is 9.72. The monoisotopic (exact) mass is 394 g/mol. The fourth-order valence-corrected chi connectivity index (χ4v) is 3.10. The molecule has 1 heterocycles. The van der Waals surface area contributed by atoms with Crippen molar-refractivity contribution < 1.29 is 4.79 Å². The van der Waals surface area contributed by atoms with Crippen molar-refractivity contribution in [2.24, 2.45) is 0 Å². The molecule has 0 saturated carbocycles. The Labute approximate surface area is 175 Å². The molecular weight excluding hydrogens is 372 g/mol. The predicted octanol–water partition coefficient (Wildman–Crippen LogP) is 5.76. The van der Waals surface area contributed by atoms with Crippen LogP contribution in [0.3, 0.4) is 0 Å². The van der Waals surface area contributed by atoms with Gasteiger partial charge in [0.2, 0.25) is 0 Å². The van der Waals surface area contributed by atoms with Crippen LogP contribution in [0.4, 0.5) is 17.2 Å². The highest BCUT2D eigenvalue weighted by Crippen LogP contribution is 2.22. The number of aryl methyl sites for hydroxylation is 2. The highest BCUT2D eigenvalue weighted by molar-refractivity contribution is 6.04. The summed E-state index contributed by atoms with van der Waals surface area (Å²) < 4.78 is 0. The molecule has 0 radical (unpaired) electrons. The average Bonchev–Trinajstić information content (AvgIpc) is 2.77. The van der Waals surface area contributed by atoms with Crippen molar-refractivity contribution in [3.63, 3.8) is 0 Å². The molecule has 0 atom stereocenters. The van der Waals surface area contributed by atoms with E-state index in [1.807, 2.05) is 80.6 Å². The normalized spacial score (nSPS) is 10.5. The van der Waals surface area contributed by atoms with Crippen LogP contribution in [-0.2, 0) is 0 Å². The van der Waals surface area contributed by atoms with Gasteiger partial charge in [0.15, 0.2) is 0 Å². The van der Waals surface area contributed by atoms with Gasteiger partial charge in [-0.1, -0.05) is 42.5 Å². The summed E-state index contributed by atoms with van der Waals surface area (Å²) in [6, 6.07) is 25.0. The van der Waals surface area contributed by atoms with Gasteiger partial charge in [-0.05, 0) is 55.3 Å². The van der Waals surface area contributed by atoms with E-state index >= 15 is 0 Å². The van der Waals surface area contributed by atoms with Gasteiger partial charge >= 0.3 is 0 Å². The van der Waals surface area contributed by atoms with Gasteiger partial charge in [0.25, 0.3) is 5.91 Å². The van der Waals surface area contributed by atoms with Crippen LogP contribution >= 0.6 is 0 Å². The van der Waals surface area contributed by atoms with Crippen LogP contribution in [0.2, 0.25) is 0 Å². The van der Waals surface area contributed by atoms with E-state index in [1.54, 1.807) is 12.1 Å². The number of hydrogen-bond acceptors (Lipinski definition) is 4. The molecule has 5 heteroatoms. The van der Waals surface area contributed by atoms with Crippen LogP contribution in [0.15, 0.2) is 85.2 Å². The molecule has 0 unspecified atom stereocenters. The average molecular weight is 394 g/mol. The Bertz CT molecular complexity index is 1190. The summed E-state index contributed by atoms with van der Waals surface area (Å²) in [4.78, 5) is 21.3. The molecule has 0 aliphatic carbocycles. The number of amides is 1. The lowest BCUT2D eigenvalue weighted by atomic mass is 10.1. The fourth-order valence-electron chi connectivity index (χ4n) is 3.10. The van der Waals surface area contributed by atoms with Crippen molar-refractivity contribution in [1.29, 1.82) is 0 Å². The number of aromatic nitrogens is 2. The zero-order valence-corrected chi connectivity index (χ0v) is 16.9. The van der Waals surface area contributed by atoms with Gasteiger partial charge in [0, 0.05) is 28.6 Å². The van der Waals surface area contributed by atoms with Gasteiger partial charge in [-0.3, -0.25) is 4.79 Å². The molecule has 4 aromatic rings. The largest absolute Gasteiger partial charge is 0.340 e. The highest BCUT2D eigenvalue weighted by atomic mass is 16.1. The van der Waals surface area contributed by atoms with Crippen LogP contribution in [0.25, 0.3) is 11.3 Å². The van der Waals surface area contributed by atoms with Crippen molar-refractivity contribution >= 4 is 23.1 Å². The number of nitrogens with one attached hydrogen (secondary N) is 2. The number of nitrogens with zero attached hydrogens (tertiary/aromatic N) is 2. The zero-order chi connectivity index (χ0) is 20.9. The Morgan fingerprint density at radius 2 is 1.60 bits per heavy atom. The number of anilines is 3. The van der Waals surface area contributed by atoms with Gasteiger partial charge in [-0.2, -0.15) is 0 Å². The summed E-state index contributed by atoms with van der Waals surface area (Å²) in [5.74, 6) is 0.505. The number of benzene rings is 3. The third kappa shape index (κ3) is 4.52. The molecule has 0 saturated heterocycles. The summed E-state index contributed by atoms with van der Waals surface area (Å²) in [6.07, 6.45) is 1.53. The topological polar surface area (TPSA) is 66.9 Å². The number of carbonyl (C=O) groups is 1. The fraction of sp³-hybridized carbons (Fsp3) is 0.0800. The maximum absolute atomic E-state index is 12.7. The molecule has 0 spiro atoms. The van der Waals surface area contributed by atoms with Gasteiger partial charge in [0.1, 0.15) is 12.1 Å². The molecule has 0 aliphatic heterocycles.